The third-order valence-corrected chi connectivity index (χ3v) is 5.20. The summed E-state index contributed by atoms with van der Waals surface area (Å²) in [5, 5.41) is 21.7. The summed E-state index contributed by atoms with van der Waals surface area (Å²) in [7, 11) is 3.88. The molecule has 142 valence electrons. The van der Waals surface area contributed by atoms with E-state index in [1.807, 2.05) is 66.9 Å². The van der Waals surface area contributed by atoms with Crippen LogP contribution in [0, 0.1) is 3.57 Å². The Morgan fingerprint density at radius 1 is 1.07 bits per heavy atom. The Bertz CT molecular complexity index is 1090. The van der Waals surface area contributed by atoms with E-state index in [1.54, 1.807) is 17.2 Å². The molecule has 0 fully saturated rings. The van der Waals surface area contributed by atoms with E-state index < -0.39 is 0 Å². The molecule has 1 unspecified atom stereocenters. The predicted octanol–water partition coefficient (Wildman–Crippen LogP) is 2.65. The van der Waals surface area contributed by atoms with Crippen molar-refractivity contribution in [3.8, 4) is 17.1 Å². The summed E-state index contributed by atoms with van der Waals surface area (Å²) in [5.74, 6) is 2.09. The standard InChI is InChI=1S/C18H18IN9/c1-12(16-21-25-28(24-16)15-6-4-5-14(19)11-15)26(2)18-23-22-17(27(18)3)13-7-9-20-10-8-13/h4-12H,1-3H3. The van der Waals surface area contributed by atoms with Gasteiger partial charge in [-0.1, -0.05) is 6.07 Å². The molecule has 4 rings (SSSR count). The van der Waals surface area contributed by atoms with Gasteiger partial charge in [-0.25, -0.2) is 0 Å². The molecule has 1 aromatic carbocycles. The second-order valence-corrected chi connectivity index (χ2v) is 7.57. The highest BCUT2D eigenvalue weighted by atomic mass is 127. The van der Waals surface area contributed by atoms with Crippen molar-refractivity contribution in [2.24, 2.45) is 7.05 Å². The van der Waals surface area contributed by atoms with Crippen molar-refractivity contribution in [3.63, 3.8) is 0 Å². The number of aromatic nitrogens is 8. The van der Waals surface area contributed by atoms with E-state index in [1.165, 1.54) is 0 Å². The molecule has 0 aliphatic rings. The largest absolute Gasteiger partial charge is 0.334 e. The van der Waals surface area contributed by atoms with Crippen molar-refractivity contribution >= 4 is 28.5 Å². The smallest absolute Gasteiger partial charge is 0.227 e. The number of anilines is 1. The SMILES string of the molecule is CC(c1nnn(-c2cccc(I)c2)n1)N(C)c1nnc(-c2ccncc2)n1C. The third kappa shape index (κ3) is 3.46. The zero-order valence-electron chi connectivity index (χ0n) is 15.6. The molecule has 0 spiro atoms. The molecule has 28 heavy (non-hydrogen) atoms. The van der Waals surface area contributed by atoms with E-state index in [0.717, 1.165) is 20.6 Å². The van der Waals surface area contributed by atoms with Crippen LogP contribution < -0.4 is 4.90 Å². The van der Waals surface area contributed by atoms with Crippen LogP contribution in [0.2, 0.25) is 0 Å². The second-order valence-electron chi connectivity index (χ2n) is 6.32. The summed E-state index contributed by atoms with van der Waals surface area (Å²) < 4.78 is 3.05. The molecule has 0 N–H and O–H groups in total. The molecule has 0 aliphatic carbocycles. The fourth-order valence-corrected chi connectivity index (χ4v) is 3.36. The minimum Gasteiger partial charge on any atom is -0.334 e. The first-order valence-corrected chi connectivity index (χ1v) is 9.71. The second kappa shape index (κ2) is 7.62. The van der Waals surface area contributed by atoms with Crippen LogP contribution in [0.3, 0.4) is 0 Å². The molecule has 9 nitrogen and oxygen atoms in total. The van der Waals surface area contributed by atoms with Gasteiger partial charge >= 0.3 is 0 Å². The number of rotatable bonds is 5. The molecular formula is C18H18IN9. The van der Waals surface area contributed by atoms with Gasteiger partial charge in [0.15, 0.2) is 11.6 Å². The quantitative estimate of drug-likeness (QED) is 0.400. The fraction of sp³-hybridized carbons (Fsp3) is 0.222. The molecule has 3 aromatic heterocycles. The summed E-state index contributed by atoms with van der Waals surface area (Å²) in [4.78, 5) is 7.57. The first-order chi connectivity index (χ1) is 13.5. The lowest BCUT2D eigenvalue weighted by Gasteiger charge is -2.22. The number of hydrogen-bond acceptors (Lipinski definition) is 7. The van der Waals surface area contributed by atoms with E-state index in [0.29, 0.717) is 11.8 Å². The van der Waals surface area contributed by atoms with Crippen LogP contribution in [0.25, 0.3) is 17.1 Å². The number of nitrogens with zero attached hydrogens (tertiary/aromatic N) is 9. The highest BCUT2D eigenvalue weighted by molar-refractivity contribution is 14.1. The molecule has 10 heteroatoms. The van der Waals surface area contributed by atoms with Crippen molar-refractivity contribution in [1.29, 1.82) is 0 Å². The lowest BCUT2D eigenvalue weighted by Crippen LogP contribution is -2.25. The van der Waals surface area contributed by atoms with Crippen molar-refractivity contribution in [3.05, 3.63) is 58.2 Å². The number of tetrazole rings is 1. The molecule has 4 aromatic rings. The number of halogens is 1. The Morgan fingerprint density at radius 2 is 1.86 bits per heavy atom. The summed E-state index contributed by atoms with van der Waals surface area (Å²) in [6.07, 6.45) is 3.48. The van der Waals surface area contributed by atoms with Gasteiger partial charge in [-0.05, 0) is 65.1 Å². The molecular weight excluding hydrogens is 469 g/mol. The van der Waals surface area contributed by atoms with Crippen LogP contribution in [-0.4, -0.2) is 47.0 Å². The first-order valence-electron chi connectivity index (χ1n) is 8.63. The molecule has 1 atom stereocenters. The number of hydrogen-bond donors (Lipinski definition) is 0. The van der Waals surface area contributed by atoms with E-state index in [4.69, 9.17) is 0 Å². The molecule has 3 heterocycles. The maximum absolute atomic E-state index is 4.55. The van der Waals surface area contributed by atoms with Crippen molar-refractivity contribution < 1.29 is 0 Å². The molecule has 0 aliphatic heterocycles. The van der Waals surface area contributed by atoms with Crippen LogP contribution in [-0.2, 0) is 7.05 Å². The maximum Gasteiger partial charge on any atom is 0.227 e. The minimum atomic E-state index is -0.135. The Hall–Kier alpha value is -2.89. The third-order valence-electron chi connectivity index (χ3n) is 4.53. The molecule has 0 bridgehead atoms. The van der Waals surface area contributed by atoms with E-state index >= 15 is 0 Å². The van der Waals surface area contributed by atoms with Crippen LogP contribution in [0.5, 0.6) is 0 Å². The lowest BCUT2D eigenvalue weighted by atomic mass is 10.2. The Kier molecular flexibility index (Phi) is 5.03. The minimum absolute atomic E-state index is 0.135. The molecule has 0 saturated heterocycles. The van der Waals surface area contributed by atoms with Crippen LogP contribution in [0.1, 0.15) is 18.8 Å². The average Bonchev–Trinajstić information content (AvgIpc) is 3.35. The van der Waals surface area contributed by atoms with Gasteiger partial charge in [0, 0.05) is 35.6 Å². The molecule has 0 amide bonds. The van der Waals surface area contributed by atoms with Gasteiger partial charge < -0.3 is 4.90 Å². The van der Waals surface area contributed by atoms with Gasteiger partial charge in [0.1, 0.15) is 0 Å². The van der Waals surface area contributed by atoms with Crippen LogP contribution in [0.15, 0.2) is 48.8 Å². The fourth-order valence-electron chi connectivity index (χ4n) is 2.83. The van der Waals surface area contributed by atoms with Crippen molar-refractivity contribution in [1.82, 2.24) is 40.0 Å². The summed E-state index contributed by atoms with van der Waals surface area (Å²) in [6, 6.07) is 11.6. The average molecular weight is 487 g/mol. The topological polar surface area (TPSA) is 90.4 Å². The van der Waals surface area contributed by atoms with E-state index in [2.05, 4.69) is 53.2 Å². The molecule has 0 saturated carbocycles. The van der Waals surface area contributed by atoms with Crippen molar-refractivity contribution in [2.75, 3.05) is 11.9 Å². The number of benzene rings is 1. The van der Waals surface area contributed by atoms with Gasteiger partial charge in [-0.3, -0.25) is 9.55 Å². The monoisotopic (exact) mass is 487 g/mol. The van der Waals surface area contributed by atoms with Crippen LogP contribution in [0.4, 0.5) is 5.95 Å². The normalized spacial score (nSPS) is 12.1. The Labute approximate surface area is 175 Å². The summed E-state index contributed by atoms with van der Waals surface area (Å²) >= 11 is 2.26. The van der Waals surface area contributed by atoms with Gasteiger partial charge in [0.25, 0.3) is 0 Å². The maximum atomic E-state index is 4.55. The highest BCUT2D eigenvalue weighted by Crippen LogP contribution is 2.25. The van der Waals surface area contributed by atoms with Gasteiger partial charge in [-0.15, -0.1) is 25.2 Å². The zero-order chi connectivity index (χ0) is 19.7. The van der Waals surface area contributed by atoms with Gasteiger partial charge in [0.05, 0.1) is 11.7 Å². The van der Waals surface area contributed by atoms with E-state index in [9.17, 15) is 0 Å². The van der Waals surface area contributed by atoms with Crippen LogP contribution >= 0.6 is 22.6 Å². The van der Waals surface area contributed by atoms with Gasteiger partial charge in [-0.2, -0.15) is 0 Å². The molecule has 0 radical (unpaired) electrons. The Balaban J connectivity index is 1.59. The zero-order valence-corrected chi connectivity index (χ0v) is 17.8. The summed E-state index contributed by atoms with van der Waals surface area (Å²) in [6.45, 7) is 2.01. The Morgan fingerprint density at radius 3 is 2.61 bits per heavy atom. The van der Waals surface area contributed by atoms with Gasteiger partial charge in [0.2, 0.25) is 5.95 Å². The summed E-state index contributed by atoms with van der Waals surface area (Å²) in [5.41, 5.74) is 1.83. The highest BCUT2D eigenvalue weighted by Gasteiger charge is 2.23. The predicted molar refractivity (Wildman–Crippen MR) is 113 cm³/mol. The lowest BCUT2D eigenvalue weighted by molar-refractivity contribution is 0.649. The van der Waals surface area contributed by atoms with E-state index in [-0.39, 0.29) is 6.04 Å². The van der Waals surface area contributed by atoms with Crippen molar-refractivity contribution in [2.45, 2.75) is 13.0 Å². The first kappa shape index (κ1) is 18.5. The number of pyridine rings is 1.